The minimum Gasteiger partial charge on any atom is -0.493 e. The van der Waals surface area contributed by atoms with Gasteiger partial charge in [-0.2, -0.15) is 0 Å². The number of ether oxygens (including phenoxy) is 3. The normalized spacial score (nSPS) is 15.0. The zero-order chi connectivity index (χ0) is 23.0. The Labute approximate surface area is 183 Å². The van der Waals surface area contributed by atoms with E-state index in [1.54, 1.807) is 28.8 Å². The number of fused-ring (bicyclic) bond motifs is 1. The van der Waals surface area contributed by atoms with Gasteiger partial charge in [0.2, 0.25) is 11.7 Å². The number of benzene rings is 2. The van der Waals surface area contributed by atoms with Crippen LogP contribution in [0.4, 0.5) is 10.1 Å². The molecule has 3 aromatic rings. The predicted molar refractivity (Wildman–Crippen MR) is 114 cm³/mol. The highest BCUT2D eigenvalue weighted by Gasteiger charge is 2.36. The lowest BCUT2D eigenvalue weighted by molar-refractivity contribution is -0.116. The van der Waals surface area contributed by atoms with Crippen LogP contribution in [-0.2, 0) is 4.79 Å². The molecule has 0 radical (unpaired) electrons. The number of nitrogens with one attached hydrogen (secondary N) is 1. The zero-order valence-corrected chi connectivity index (χ0v) is 17.6. The molecule has 0 bridgehead atoms. The van der Waals surface area contributed by atoms with Crippen LogP contribution in [-0.4, -0.2) is 42.9 Å². The van der Waals surface area contributed by atoms with E-state index in [-0.39, 0.29) is 23.6 Å². The van der Waals surface area contributed by atoms with Gasteiger partial charge >= 0.3 is 5.97 Å². The summed E-state index contributed by atoms with van der Waals surface area (Å²) in [5.74, 6) is -1.32. The summed E-state index contributed by atoms with van der Waals surface area (Å²) in [4.78, 5) is 24.5. The van der Waals surface area contributed by atoms with Crippen molar-refractivity contribution in [2.24, 2.45) is 0 Å². The fourth-order valence-corrected chi connectivity index (χ4v) is 4.10. The first-order chi connectivity index (χ1) is 15.4. The highest BCUT2D eigenvalue weighted by Crippen LogP contribution is 2.49. The average Bonchev–Trinajstić information content (AvgIpc) is 3.17. The van der Waals surface area contributed by atoms with Crippen molar-refractivity contribution in [3.05, 3.63) is 65.2 Å². The van der Waals surface area contributed by atoms with Gasteiger partial charge in [0.15, 0.2) is 11.5 Å². The van der Waals surface area contributed by atoms with Crippen molar-refractivity contribution < 1.29 is 33.3 Å². The van der Waals surface area contributed by atoms with Crippen molar-refractivity contribution in [3.63, 3.8) is 0 Å². The number of rotatable bonds is 6. The van der Waals surface area contributed by atoms with Crippen molar-refractivity contribution in [1.29, 1.82) is 0 Å². The van der Waals surface area contributed by atoms with Crippen LogP contribution in [0.15, 0.2) is 42.6 Å². The summed E-state index contributed by atoms with van der Waals surface area (Å²) >= 11 is 0. The number of carbonyl (C=O) groups is 2. The largest absolute Gasteiger partial charge is 0.493 e. The molecule has 2 N–H and O–H groups in total. The molecule has 1 atom stereocenters. The molecule has 1 amide bonds. The molecule has 2 aromatic carbocycles. The van der Waals surface area contributed by atoms with Crippen LogP contribution >= 0.6 is 0 Å². The Morgan fingerprint density at radius 1 is 1.06 bits per heavy atom. The molecule has 1 aliphatic heterocycles. The predicted octanol–water partition coefficient (Wildman–Crippen LogP) is 3.81. The molecular formula is C23H21FN2O6. The first-order valence-corrected chi connectivity index (χ1v) is 9.72. The summed E-state index contributed by atoms with van der Waals surface area (Å²) in [6.45, 7) is 0. The molecule has 9 heteroatoms. The number of carbonyl (C=O) groups excluding carboxylic acids is 1. The molecule has 0 saturated heterocycles. The minimum absolute atomic E-state index is 0.0448. The first-order valence-electron chi connectivity index (χ1n) is 9.72. The summed E-state index contributed by atoms with van der Waals surface area (Å²) in [5, 5.41) is 12.4. The topological polar surface area (TPSA) is 99.0 Å². The summed E-state index contributed by atoms with van der Waals surface area (Å²) in [6.07, 6.45) is 1.47. The molecular weight excluding hydrogens is 419 g/mol. The number of aromatic nitrogens is 1. The van der Waals surface area contributed by atoms with Gasteiger partial charge in [-0.25, -0.2) is 9.18 Å². The Morgan fingerprint density at radius 2 is 1.75 bits per heavy atom. The fourth-order valence-electron chi connectivity index (χ4n) is 4.10. The number of amides is 1. The van der Waals surface area contributed by atoms with Crippen LogP contribution in [0.3, 0.4) is 0 Å². The Hall–Kier alpha value is -4.01. The van der Waals surface area contributed by atoms with E-state index in [1.807, 2.05) is 0 Å². The molecule has 0 saturated carbocycles. The summed E-state index contributed by atoms with van der Waals surface area (Å²) in [7, 11) is 4.46. The van der Waals surface area contributed by atoms with Gasteiger partial charge < -0.3 is 29.2 Å². The maximum atomic E-state index is 13.5. The Kier molecular flexibility index (Phi) is 5.48. The first kappa shape index (κ1) is 21.2. The molecule has 166 valence electrons. The van der Waals surface area contributed by atoms with Gasteiger partial charge in [0.25, 0.3) is 0 Å². The van der Waals surface area contributed by atoms with Gasteiger partial charge in [-0.3, -0.25) is 4.79 Å². The number of halogens is 1. The van der Waals surface area contributed by atoms with E-state index in [1.165, 1.54) is 39.7 Å². The van der Waals surface area contributed by atoms with Gasteiger partial charge in [0, 0.05) is 29.8 Å². The molecule has 1 aromatic heterocycles. The third-order valence-electron chi connectivity index (χ3n) is 5.47. The smallest absolute Gasteiger partial charge is 0.339 e. The van der Waals surface area contributed by atoms with E-state index in [9.17, 15) is 19.1 Å². The standard InChI is InChI=1S/C23H21FN2O6/c1-30-17-9-8-14(21(31-2)22(17)32-3)15-10-18(27)25-19-16(23(28)29)11-26(20(15)19)13-6-4-12(24)5-7-13/h4-9,11,15H,10H2,1-3H3,(H,25,27)(H,28,29)/t15-/m0/s1. The van der Waals surface area contributed by atoms with Crippen LogP contribution in [0.2, 0.25) is 0 Å². The second-order valence-electron chi connectivity index (χ2n) is 7.18. The van der Waals surface area contributed by atoms with E-state index in [4.69, 9.17) is 14.2 Å². The minimum atomic E-state index is -1.19. The van der Waals surface area contributed by atoms with E-state index in [0.717, 1.165) is 0 Å². The van der Waals surface area contributed by atoms with Crippen LogP contribution in [0, 0.1) is 5.82 Å². The summed E-state index contributed by atoms with van der Waals surface area (Å²) < 4.78 is 31.6. The lowest BCUT2D eigenvalue weighted by Crippen LogP contribution is -2.26. The molecule has 4 rings (SSSR count). The monoisotopic (exact) mass is 440 g/mol. The van der Waals surface area contributed by atoms with Crippen LogP contribution in [0.25, 0.3) is 5.69 Å². The number of carboxylic acid groups (broad SMARTS) is 1. The maximum absolute atomic E-state index is 13.5. The third-order valence-corrected chi connectivity index (χ3v) is 5.47. The van der Waals surface area contributed by atoms with Crippen molar-refractivity contribution in [2.75, 3.05) is 26.6 Å². The number of carboxylic acids is 1. The van der Waals surface area contributed by atoms with Gasteiger partial charge in [-0.05, 0) is 30.3 Å². The molecule has 0 fully saturated rings. The highest BCUT2D eigenvalue weighted by atomic mass is 19.1. The molecule has 0 unspecified atom stereocenters. The van der Waals surface area contributed by atoms with Crippen LogP contribution in [0.1, 0.15) is 34.0 Å². The third kappa shape index (κ3) is 3.41. The molecule has 32 heavy (non-hydrogen) atoms. The fraction of sp³-hybridized carbons (Fsp3) is 0.217. The number of anilines is 1. The van der Waals surface area contributed by atoms with E-state index in [0.29, 0.717) is 34.2 Å². The number of hydrogen-bond acceptors (Lipinski definition) is 5. The van der Waals surface area contributed by atoms with E-state index in [2.05, 4.69) is 5.32 Å². The van der Waals surface area contributed by atoms with Crippen molar-refractivity contribution in [3.8, 4) is 22.9 Å². The van der Waals surface area contributed by atoms with Crippen LogP contribution in [0.5, 0.6) is 17.2 Å². The van der Waals surface area contributed by atoms with Crippen molar-refractivity contribution >= 4 is 17.6 Å². The number of hydrogen-bond donors (Lipinski definition) is 2. The number of nitrogens with zero attached hydrogens (tertiary/aromatic N) is 1. The van der Waals surface area contributed by atoms with Gasteiger partial charge in [0.1, 0.15) is 11.4 Å². The second-order valence-corrected chi connectivity index (χ2v) is 7.18. The van der Waals surface area contributed by atoms with Crippen molar-refractivity contribution in [2.45, 2.75) is 12.3 Å². The second kappa shape index (κ2) is 8.26. The lowest BCUT2D eigenvalue weighted by Gasteiger charge is -2.28. The molecule has 2 heterocycles. The Bertz CT molecular complexity index is 1200. The van der Waals surface area contributed by atoms with E-state index < -0.39 is 17.7 Å². The molecule has 1 aliphatic rings. The molecule has 0 spiro atoms. The average molecular weight is 440 g/mol. The summed E-state index contributed by atoms with van der Waals surface area (Å²) in [6, 6.07) is 9.12. The molecule has 8 nitrogen and oxygen atoms in total. The van der Waals surface area contributed by atoms with Crippen molar-refractivity contribution in [1.82, 2.24) is 4.57 Å². The zero-order valence-electron chi connectivity index (χ0n) is 17.6. The van der Waals surface area contributed by atoms with Gasteiger partial charge in [0.05, 0.1) is 32.7 Å². The Balaban J connectivity index is 2.00. The SMILES string of the molecule is COc1ccc([C@@H]2CC(=O)Nc3c(C(=O)O)cn(-c4ccc(F)cc4)c32)c(OC)c1OC. The van der Waals surface area contributed by atoms with E-state index >= 15 is 0 Å². The summed E-state index contributed by atoms with van der Waals surface area (Å²) in [5.41, 5.74) is 1.84. The van der Waals surface area contributed by atoms with Gasteiger partial charge in [-0.15, -0.1) is 0 Å². The molecule has 0 aliphatic carbocycles. The number of methoxy groups -OCH3 is 3. The quantitative estimate of drug-likeness (QED) is 0.605. The van der Waals surface area contributed by atoms with Gasteiger partial charge in [-0.1, -0.05) is 6.07 Å². The highest BCUT2D eigenvalue weighted by molar-refractivity contribution is 6.04. The number of aromatic carboxylic acids is 1. The lowest BCUT2D eigenvalue weighted by atomic mass is 9.87. The van der Waals surface area contributed by atoms with Crippen LogP contribution < -0.4 is 19.5 Å². The Morgan fingerprint density at radius 3 is 2.34 bits per heavy atom. The maximum Gasteiger partial charge on any atom is 0.339 e.